The highest BCUT2D eigenvalue weighted by Gasteiger charge is 2.17. The second kappa shape index (κ2) is 9.41. The van der Waals surface area contributed by atoms with Crippen molar-refractivity contribution in [2.75, 3.05) is 12.4 Å². The van der Waals surface area contributed by atoms with Crippen LogP contribution >= 0.6 is 0 Å². The van der Waals surface area contributed by atoms with E-state index >= 15 is 0 Å². The van der Waals surface area contributed by atoms with Gasteiger partial charge in [-0.3, -0.25) is 9.59 Å². The zero-order valence-corrected chi connectivity index (χ0v) is 18.6. The topological polar surface area (TPSA) is 126 Å². The van der Waals surface area contributed by atoms with Crippen molar-refractivity contribution in [2.24, 2.45) is 16.0 Å². The number of carbonyl (C=O) groups excluding carboxylic acids is 2. The van der Waals surface area contributed by atoms with Crippen LogP contribution in [0.4, 0.5) is 17.1 Å². The molecule has 0 radical (unpaired) electrons. The Labute approximate surface area is 195 Å². The Morgan fingerprint density at radius 3 is 2.41 bits per heavy atom. The summed E-state index contributed by atoms with van der Waals surface area (Å²) in [6, 6.07) is 20.8. The number of ether oxygens (including phenoxy) is 1. The highest BCUT2D eigenvalue weighted by atomic mass is 16.5. The minimum absolute atomic E-state index is 0.0640. The maximum Gasteiger partial charge on any atom is 0.255 e. The average molecular weight is 454 g/mol. The highest BCUT2D eigenvalue weighted by Crippen LogP contribution is 2.40. The molecule has 0 aliphatic rings. The lowest BCUT2D eigenvalue weighted by molar-refractivity contribution is 0.0995. The molecule has 170 valence electrons. The maximum atomic E-state index is 12.8. The van der Waals surface area contributed by atoms with E-state index in [1.807, 2.05) is 31.2 Å². The number of methoxy groups -OCH3 is 1. The number of benzene rings is 4. The molecule has 0 fully saturated rings. The SMILES string of the molecule is COc1ccc(C(=O)Nc2ccc(C)cc2)cc1N=Nc1c(O)c(C(N)=O)cc2ccccc12. The van der Waals surface area contributed by atoms with E-state index in [0.717, 1.165) is 5.56 Å². The van der Waals surface area contributed by atoms with Crippen molar-refractivity contribution < 1.29 is 19.4 Å². The number of hydrogen-bond donors (Lipinski definition) is 3. The summed E-state index contributed by atoms with van der Waals surface area (Å²) in [4.78, 5) is 24.6. The van der Waals surface area contributed by atoms with Gasteiger partial charge in [0.15, 0.2) is 5.75 Å². The number of azo groups is 1. The largest absolute Gasteiger partial charge is 0.505 e. The Kier molecular flexibility index (Phi) is 6.22. The first-order valence-electron chi connectivity index (χ1n) is 10.4. The molecule has 34 heavy (non-hydrogen) atoms. The summed E-state index contributed by atoms with van der Waals surface area (Å²) in [6.45, 7) is 1.96. The number of nitrogens with one attached hydrogen (secondary N) is 1. The molecule has 0 aliphatic carbocycles. The van der Waals surface area contributed by atoms with Crippen molar-refractivity contribution in [3.8, 4) is 11.5 Å². The van der Waals surface area contributed by atoms with Gasteiger partial charge in [0, 0.05) is 16.6 Å². The van der Waals surface area contributed by atoms with E-state index < -0.39 is 5.91 Å². The van der Waals surface area contributed by atoms with Crippen LogP contribution in [0.1, 0.15) is 26.3 Å². The van der Waals surface area contributed by atoms with Crippen molar-refractivity contribution in [1.82, 2.24) is 0 Å². The molecule has 0 spiro atoms. The molecule has 4 rings (SSSR count). The smallest absolute Gasteiger partial charge is 0.255 e. The van der Waals surface area contributed by atoms with Gasteiger partial charge in [0.2, 0.25) is 0 Å². The standard InChI is InChI=1S/C26H22N4O4/c1-15-7-10-18(11-8-15)28-26(33)17-9-12-22(34-2)21(14-17)29-30-23-19-6-4-3-5-16(19)13-20(24(23)31)25(27)32/h3-14,31H,1-2H3,(H2,27,32)(H,28,33). The van der Waals surface area contributed by atoms with Gasteiger partial charge >= 0.3 is 0 Å². The third-order valence-corrected chi connectivity index (χ3v) is 5.27. The molecular formula is C26H22N4O4. The molecule has 0 aliphatic heterocycles. The fourth-order valence-corrected chi connectivity index (χ4v) is 3.46. The second-order valence-electron chi connectivity index (χ2n) is 7.61. The number of amides is 2. The van der Waals surface area contributed by atoms with Gasteiger partial charge in [-0.25, -0.2) is 0 Å². The lowest BCUT2D eigenvalue weighted by atomic mass is 10.0. The predicted molar refractivity (Wildman–Crippen MR) is 130 cm³/mol. The van der Waals surface area contributed by atoms with Crippen LogP contribution in [0.15, 0.2) is 83.0 Å². The quantitative estimate of drug-likeness (QED) is 0.326. The molecule has 4 aromatic rings. The molecule has 0 heterocycles. The van der Waals surface area contributed by atoms with Gasteiger partial charge in [-0.15, -0.1) is 10.2 Å². The van der Waals surface area contributed by atoms with Gasteiger partial charge in [0.1, 0.15) is 17.1 Å². The van der Waals surface area contributed by atoms with E-state index in [0.29, 0.717) is 27.8 Å². The van der Waals surface area contributed by atoms with E-state index in [-0.39, 0.29) is 28.6 Å². The maximum absolute atomic E-state index is 12.8. The summed E-state index contributed by atoms with van der Waals surface area (Å²) in [7, 11) is 1.47. The predicted octanol–water partition coefficient (Wildman–Crippen LogP) is 5.63. The summed E-state index contributed by atoms with van der Waals surface area (Å²) >= 11 is 0. The van der Waals surface area contributed by atoms with E-state index in [9.17, 15) is 14.7 Å². The molecule has 0 aromatic heterocycles. The van der Waals surface area contributed by atoms with Gasteiger partial charge in [0.05, 0.1) is 12.7 Å². The van der Waals surface area contributed by atoms with Gasteiger partial charge in [-0.1, -0.05) is 42.0 Å². The summed E-state index contributed by atoms with van der Waals surface area (Å²) in [5, 5.41) is 23.2. The number of primary amides is 1. The van der Waals surface area contributed by atoms with Gasteiger partial charge in [0.25, 0.3) is 11.8 Å². The lowest BCUT2D eigenvalue weighted by Gasteiger charge is -2.10. The summed E-state index contributed by atoms with van der Waals surface area (Å²) in [5.74, 6) is -1.10. The fourth-order valence-electron chi connectivity index (χ4n) is 3.46. The first-order chi connectivity index (χ1) is 16.4. The molecule has 4 aromatic carbocycles. The van der Waals surface area contributed by atoms with E-state index in [2.05, 4.69) is 15.5 Å². The minimum Gasteiger partial charge on any atom is -0.505 e. The zero-order valence-electron chi connectivity index (χ0n) is 18.6. The monoisotopic (exact) mass is 454 g/mol. The number of rotatable bonds is 6. The van der Waals surface area contributed by atoms with Gasteiger partial charge < -0.3 is 20.9 Å². The summed E-state index contributed by atoms with van der Waals surface area (Å²) < 4.78 is 5.36. The van der Waals surface area contributed by atoms with E-state index in [1.165, 1.54) is 19.2 Å². The van der Waals surface area contributed by atoms with Gasteiger partial charge in [-0.2, -0.15) is 0 Å². The third kappa shape index (κ3) is 4.56. The van der Waals surface area contributed by atoms with Crippen LogP contribution in [-0.2, 0) is 0 Å². The van der Waals surface area contributed by atoms with Crippen LogP contribution in [0.25, 0.3) is 10.8 Å². The van der Waals surface area contributed by atoms with Crippen LogP contribution in [0, 0.1) is 6.92 Å². The molecule has 2 amide bonds. The number of carbonyl (C=O) groups is 2. The number of aryl methyl sites for hydroxylation is 1. The zero-order chi connectivity index (χ0) is 24.2. The van der Waals surface area contributed by atoms with Crippen molar-refractivity contribution in [2.45, 2.75) is 6.92 Å². The van der Waals surface area contributed by atoms with Gasteiger partial charge in [-0.05, 0) is 48.7 Å². The van der Waals surface area contributed by atoms with Crippen LogP contribution in [-0.4, -0.2) is 24.0 Å². The number of fused-ring (bicyclic) bond motifs is 1. The first-order valence-corrected chi connectivity index (χ1v) is 10.4. The lowest BCUT2D eigenvalue weighted by Crippen LogP contribution is -2.11. The Morgan fingerprint density at radius 1 is 0.971 bits per heavy atom. The molecule has 0 bridgehead atoms. The van der Waals surface area contributed by atoms with Crippen molar-refractivity contribution in [3.63, 3.8) is 0 Å². The Balaban J connectivity index is 1.73. The third-order valence-electron chi connectivity index (χ3n) is 5.27. The van der Waals surface area contributed by atoms with Crippen molar-refractivity contribution in [1.29, 1.82) is 0 Å². The first kappa shape index (κ1) is 22.5. The molecule has 8 heteroatoms. The summed E-state index contributed by atoms with van der Waals surface area (Å²) in [6.07, 6.45) is 0. The van der Waals surface area contributed by atoms with Crippen molar-refractivity contribution >= 4 is 39.6 Å². The molecule has 4 N–H and O–H groups in total. The Morgan fingerprint density at radius 2 is 1.71 bits per heavy atom. The Bertz CT molecular complexity index is 1430. The highest BCUT2D eigenvalue weighted by molar-refractivity contribution is 6.06. The number of aromatic hydroxyl groups is 1. The van der Waals surface area contributed by atoms with Crippen molar-refractivity contribution in [3.05, 3.63) is 89.5 Å². The molecule has 0 unspecified atom stereocenters. The second-order valence-corrected chi connectivity index (χ2v) is 7.61. The molecule has 0 atom stereocenters. The number of nitrogens with two attached hydrogens (primary N) is 1. The normalized spacial score (nSPS) is 11.0. The number of anilines is 1. The number of hydrogen-bond acceptors (Lipinski definition) is 6. The fraction of sp³-hybridized carbons (Fsp3) is 0.0769. The average Bonchev–Trinajstić information content (AvgIpc) is 2.84. The molecule has 8 nitrogen and oxygen atoms in total. The minimum atomic E-state index is -0.785. The molecule has 0 saturated heterocycles. The van der Waals surface area contributed by atoms with Crippen LogP contribution in [0.5, 0.6) is 11.5 Å². The molecule has 0 saturated carbocycles. The van der Waals surface area contributed by atoms with Crippen LogP contribution in [0.2, 0.25) is 0 Å². The van der Waals surface area contributed by atoms with E-state index in [4.69, 9.17) is 10.5 Å². The Hall–Kier alpha value is -4.72. The van der Waals surface area contributed by atoms with E-state index in [1.54, 1.807) is 36.4 Å². The van der Waals surface area contributed by atoms with Crippen LogP contribution in [0.3, 0.4) is 0 Å². The summed E-state index contributed by atoms with van der Waals surface area (Å²) in [5.41, 5.74) is 7.80. The number of phenols is 1. The van der Waals surface area contributed by atoms with Crippen LogP contribution < -0.4 is 15.8 Å². The molecular weight excluding hydrogens is 432 g/mol. The number of nitrogens with zero attached hydrogens (tertiary/aromatic N) is 2.